The van der Waals surface area contributed by atoms with Gasteiger partial charge in [0.25, 0.3) is 0 Å². The van der Waals surface area contributed by atoms with Crippen molar-refractivity contribution >= 4 is 50.5 Å². The number of hydrogen-bond acceptors (Lipinski definition) is 4. The van der Waals surface area contributed by atoms with Crippen molar-refractivity contribution < 1.29 is 17.9 Å². The fourth-order valence-electron chi connectivity index (χ4n) is 3.56. The number of halogens is 2. The second-order valence-electron chi connectivity index (χ2n) is 6.61. The monoisotopic (exact) mass is 426 g/mol. The molecule has 1 heterocycles. The first-order chi connectivity index (χ1) is 12.8. The summed E-state index contributed by atoms with van der Waals surface area (Å²) < 4.78 is 31.2. The molecule has 1 N–H and O–H groups in total. The van der Waals surface area contributed by atoms with Gasteiger partial charge in [-0.3, -0.25) is 9.10 Å². The maximum absolute atomic E-state index is 13.1. The first-order valence-electron chi connectivity index (χ1n) is 8.22. The number of fused-ring (bicyclic) bond motifs is 1. The Morgan fingerprint density at radius 1 is 1.22 bits per heavy atom. The number of nitrogens with zero attached hydrogens (tertiary/aromatic N) is 1. The van der Waals surface area contributed by atoms with Gasteiger partial charge in [-0.15, -0.1) is 0 Å². The van der Waals surface area contributed by atoms with Crippen LogP contribution in [-0.4, -0.2) is 32.7 Å². The van der Waals surface area contributed by atoms with Crippen molar-refractivity contribution in [3.8, 4) is 5.75 Å². The molecule has 9 heteroatoms. The lowest BCUT2D eigenvalue weighted by Gasteiger charge is -2.23. The smallest absolute Gasteiger partial charge is 0.250 e. The SMILES string of the molecule is COc1ccc(NC(=O)[C@]23C[C@H]2CN(c2ccc(Cl)cc2)S3(=O)=O)cc1Cl. The summed E-state index contributed by atoms with van der Waals surface area (Å²) in [5, 5.41) is 3.54. The zero-order chi connectivity index (χ0) is 19.4. The number of ether oxygens (including phenoxy) is 1. The molecular weight excluding hydrogens is 411 g/mol. The van der Waals surface area contributed by atoms with Crippen LogP contribution in [0.1, 0.15) is 6.42 Å². The molecule has 1 saturated heterocycles. The number of nitrogens with one attached hydrogen (secondary N) is 1. The highest BCUT2D eigenvalue weighted by Crippen LogP contribution is 2.58. The number of hydrogen-bond donors (Lipinski definition) is 1. The van der Waals surface area contributed by atoms with E-state index in [1.54, 1.807) is 36.4 Å². The molecule has 6 nitrogen and oxygen atoms in total. The summed E-state index contributed by atoms with van der Waals surface area (Å²) in [6.45, 7) is 0.279. The number of anilines is 2. The standard InChI is InChI=1S/C18H16Cl2N2O4S/c1-26-16-7-4-13(8-15(16)20)21-17(23)18-9-11(18)10-22(27(18,24)25)14-5-2-12(19)3-6-14/h2-8,11H,9-10H2,1H3,(H,21,23)/t11-,18-/m0/s1. The summed E-state index contributed by atoms with van der Waals surface area (Å²) in [4.78, 5) is 12.9. The van der Waals surface area contributed by atoms with Crippen molar-refractivity contribution in [2.24, 2.45) is 5.92 Å². The van der Waals surface area contributed by atoms with Crippen molar-refractivity contribution in [3.63, 3.8) is 0 Å². The van der Waals surface area contributed by atoms with E-state index in [0.717, 1.165) is 0 Å². The highest BCUT2D eigenvalue weighted by atomic mass is 35.5. The summed E-state index contributed by atoms with van der Waals surface area (Å²) in [6, 6.07) is 11.3. The minimum absolute atomic E-state index is 0.244. The van der Waals surface area contributed by atoms with Crippen LogP contribution in [0.25, 0.3) is 0 Å². The molecule has 4 rings (SSSR count). The van der Waals surface area contributed by atoms with Gasteiger partial charge < -0.3 is 10.1 Å². The third-order valence-corrected chi connectivity index (χ3v) is 8.19. The largest absolute Gasteiger partial charge is 0.495 e. The zero-order valence-electron chi connectivity index (χ0n) is 14.3. The molecule has 0 radical (unpaired) electrons. The topological polar surface area (TPSA) is 75.7 Å². The summed E-state index contributed by atoms with van der Waals surface area (Å²) in [5.74, 6) is -0.309. The molecule has 0 bridgehead atoms. The number of carbonyl (C=O) groups excluding carboxylic acids is 1. The first-order valence-corrected chi connectivity index (χ1v) is 10.4. The predicted octanol–water partition coefficient (Wildman–Crippen LogP) is 3.55. The lowest BCUT2D eigenvalue weighted by atomic mass is 10.2. The van der Waals surface area contributed by atoms with E-state index in [1.807, 2.05) is 0 Å². The Morgan fingerprint density at radius 3 is 2.56 bits per heavy atom. The van der Waals surface area contributed by atoms with Crippen molar-refractivity contribution in [1.82, 2.24) is 0 Å². The van der Waals surface area contributed by atoms with Crippen LogP contribution in [0.3, 0.4) is 0 Å². The Bertz CT molecular complexity index is 1030. The minimum atomic E-state index is -3.84. The Balaban J connectivity index is 1.60. The molecule has 2 aliphatic rings. The van der Waals surface area contributed by atoms with E-state index in [2.05, 4.69) is 5.32 Å². The molecular formula is C18H16Cl2N2O4S. The van der Waals surface area contributed by atoms with E-state index in [0.29, 0.717) is 33.6 Å². The van der Waals surface area contributed by atoms with E-state index in [9.17, 15) is 13.2 Å². The Labute approximate surface area is 167 Å². The van der Waals surface area contributed by atoms with Crippen molar-refractivity contribution in [2.45, 2.75) is 11.2 Å². The number of rotatable bonds is 4. The lowest BCUT2D eigenvalue weighted by Crippen LogP contribution is -2.42. The van der Waals surface area contributed by atoms with Gasteiger partial charge in [-0.1, -0.05) is 23.2 Å². The van der Waals surface area contributed by atoms with Crippen LogP contribution in [0.5, 0.6) is 5.75 Å². The van der Waals surface area contributed by atoms with Gasteiger partial charge in [0.05, 0.1) is 17.8 Å². The van der Waals surface area contributed by atoms with Gasteiger partial charge >= 0.3 is 0 Å². The number of amides is 1. The van der Waals surface area contributed by atoms with Crippen LogP contribution in [-0.2, 0) is 14.8 Å². The molecule has 1 aliphatic carbocycles. The molecule has 1 saturated carbocycles. The Morgan fingerprint density at radius 2 is 1.93 bits per heavy atom. The lowest BCUT2D eigenvalue weighted by molar-refractivity contribution is -0.116. The highest BCUT2D eigenvalue weighted by Gasteiger charge is 2.75. The van der Waals surface area contributed by atoms with Crippen LogP contribution in [0.4, 0.5) is 11.4 Å². The molecule has 2 fully saturated rings. The molecule has 1 amide bonds. The molecule has 0 spiro atoms. The van der Waals surface area contributed by atoms with E-state index >= 15 is 0 Å². The Kier molecular flexibility index (Phi) is 4.29. The average molecular weight is 427 g/mol. The molecule has 1 aliphatic heterocycles. The van der Waals surface area contributed by atoms with Crippen molar-refractivity contribution in [1.29, 1.82) is 0 Å². The van der Waals surface area contributed by atoms with Gasteiger partial charge in [-0.25, -0.2) is 8.42 Å². The van der Waals surface area contributed by atoms with Gasteiger partial charge in [-0.05, 0) is 48.9 Å². The second kappa shape index (κ2) is 6.29. The quantitative estimate of drug-likeness (QED) is 0.810. The Hall–Kier alpha value is -1.96. The van der Waals surface area contributed by atoms with Crippen LogP contribution in [0.2, 0.25) is 10.0 Å². The van der Waals surface area contributed by atoms with Gasteiger partial charge in [0.2, 0.25) is 15.9 Å². The molecule has 0 unspecified atom stereocenters. The molecule has 2 aromatic carbocycles. The number of sulfonamides is 1. The molecule has 27 heavy (non-hydrogen) atoms. The van der Waals surface area contributed by atoms with Gasteiger partial charge in [0.1, 0.15) is 5.75 Å². The van der Waals surface area contributed by atoms with Crippen LogP contribution in [0.15, 0.2) is 42.5 Å². The molecule has 2 atom stereocenters. The van der Waals surface area contributed by atoms with Crippen LogP contribution >= 0.6 is 23.2 Å². The summed E-state index contributed by atoms with van der Waals surface area (Å²) >= 11 is 12.0. The summed E-state index contributed by atoms with van der Waals surface area (Å²) in [5.41, 5.74) is 0.928. The van der Waals surface area contributed by atoms with E-state index in [4.69, 9.17) is 27.9 Å². The maximum Gasteiger partial charge on any atom is 0.250 e. The van der Waals surface area contributed by atoms with Crippen LogP contribution < -0.4 is 14.4 Å². The van der Waals surface area contributed by atoms with E-state index in [-0.39, 0.29) is 12.5 Å². The summed E-state index contributed by atoms with van der Waals surface area (Å²) in [7, 11) is -2.35. The molecule has 2 aromatic rings. The van der Waals surface area contributed by atoms with E-state index < -0.39 is 20.7 Å². The fourth-order valence-corrected chi connectivity index (χ4v) is 6.30. The van der Waals surface area contributed by atoms with Crippen LogP contribution in [0, 0.1) is 5.92 Å². The maximum atomic E-state index is 13.1. The van der Waals surface area contributed by atoms with Gasteiger partial charge in [0, 0.05) is 23.2 Å². The van der Waals surface area contributed by atoms with Crippen molar-refractivity contribution in [2.75, 3.05) is 23.3 Å². The average Bonchev–Trinajstić information content (AvgIpc) is 3.32. The first kappa shape index (κ1) is 18.4. The third kappa shape index (κ3) is 2.76. The van der Waals surface area contributed by atoms with Gasteiger partial charge in [0.15, 0.2) is 4.75 Å². The highest BCUT2D eigenvalue weighted by molar-refractivity contribution is 7.95. The molecule has 0 aromatic heterocycles. The van der Waals surface area contributed by atoms with Crippen molar-refractivity contribution in [3.05, 3.63) is 52.5 Å². The molecule has 142 valence electrons. The second-order valence-corrected chi connectivity index (χ2v) is 9.57. The predicted molar refractivity (Wildman–Crippen MR) is 105 cm³/mol. The number of carbonyl (C=O) groups is 1. The van der Waals surface area contributed by atoms with Gasteiger partial charge in [-0.2, -0.15) is 0 Å². The zero-order valence-corrected chi connectivity index (χ0v) is 16.6. The number of methoxy groups -OCH3 is 1. The van der Waals surface area contributed by atoms with E-state index in [1.165, 1.54) is 17.5 Å². The fraction of sp³-hybridized carbons (Fsp3) is 0.278. The number of benzene rings is 2. The summed E-state index contributed by atoms with van der Waals surface area (Å²) in [6.07, 6.45) is 0.315. The minimum Gasteiger partial charge on any atom is -0.495 e. The normalized spacial score (nSPS) is 25.0. The third-order valence-electron chi connectivity index (χ3n) is 5.09.